The molecule has 1 aromatic rings. The van der Waals surface area contributed by atoms with E-state index in [1.807, 2.05) is 6.07 Å². The lowest BCUT2D eigenvalue weighted by atomic mass is 10.1. The van der Waals surface area contributed by atoms with Crippen molar-refractivity contribution in [2.45, 2.75) is 38.3 Å². The van der Waals surface area contributed by atoms with Gasteiger partial charge in [0.2, 0.25) is 0 Å². The molecular formula is C15H22N2O3. The SMILES string of the molecule is CCOC(=O)c1cc(N)ccc1NC1CCCC1OC. The van der Waals surface area contributed by atoms with E-state index < -0.39 is 0 Å². The molecule has 2 rings (SSSR count). The van der Waals surface area contributed by atoms with Crippen molar-refractivity contribution in [3.8, 4) is 0 Å². The first-order chi connectivity index (χ1) is 9.65. The molecule has 1 saturated carbocycles. The molecular weight excluding hydrogens is 256 g/mol. The minimum atomic E-state index is -0.353. The number of hydrogen-bond donors (Lipinski definition) is 2. The molecule has 3 N–H and O–H groups in total. The van der Waals surface area contributed by atoms with Gasteiger partial charge in [0, 0.05) is 18.5 Å². The van der Waals surface area contributed by atoms with Crippen LogP contribution in [0.2, 0.25) is 0 Å². The highest BCUT2D eigenvalue weighted by atomic mass is 16.5. The number of benzene rings is 1. The summed E-state index contributed by atoms with van der Waals surface area (Å²) < 4.78 is 10.5. The Kier molecular flexibility index (Phi) is 4.84. The molecule has 0 radical (unpaired) electrons. The Hall–Kier alpha value is -1.75. The van der Waals surface area contributed by atoms with Crippen molar-refractivity contribution in [3.63, 3.8) is 0 Å². The Bertz CT molecular complexity index is 476. The largest absolute Gasteiger partial charge is 0.462 e. The fraction of sp³-hybridized carbons (Fsp3) is 0.533. The maximum atomic E-state index is 12.0. The first-order valence-corrected chi connectivity index (χ1v) is 7.01. The second-order valence-corrected chi connectivity index (χ2v) is 4.98. The molecule has 1 aliphatic rings. The van der Waals surface area contributed by atoms with Crippen LogP contribution in [0.5, 0.6) is 0 Å². The molecule has 0 aliphatic heterocycles. The van der Waals surface area contributed by atoms with Gasteiger partial charge in [0.05, 0.1) is 24.3 Å². The molecule has 5 heteroatoms. The molecule has 2 atom stereocenters. The van der Waals surface area contributed by atoms with Crippen LogP contribution in [0.4, 0.5) is 11.4 Å². The van der Waals surface area contributed by atoms with Crippen LogP contribution in [-0.4, -0.2) is 31.8 Å². The summed E-state index contributed by atoms with van der Waals surface area (Å²) in [7, 11) is 1.72. The predicted molar refractivity (Wildman–Crippen MR) is 78.9 cm³/mol. The highest BCUT2D eigenvalue weighted by molar-refractivity contribution is 5.96. The molecule has 20 heavy (non-hydrogen) atoms. The molecule has 1 aliphatic carbocycles. The fourth-order valence-corrected chi connectivity index (χ4v) is 2.64. The van der Waals surface area contributed by atoms with E-state index in [9.17, 15) is 4.79 Å². The normalized spacial score (nSPS) is 21.7. The molecule has 0 amide bonds. The van der Waals surface area contributed by atoms with Gasteiger partial charge >= 0.3 is 5.97 Å². The molecule has 5 nitrogen and oxygen atoms in total. The van der Waals surface area contributed by atoms with E-state index in [1.54, 1.807) is 26.2 Å². The molecule has 1 aromatic carbocycles. The Morgan fingerprint density at radius 3 is 2.95 bits per heavy atom. The van der Waals surface area contributed by atoms with Crippen molar-refractivity contribution in [1.82, 2.24) is 0 Å². The minimum Gasteiger partial charge on any atom is -0.462 e. The summed E-state index contributed by atoms with van der Waals surface area (Å²) in [5.41, 5.74) is 7.55. The Labute approximate surface area is 119 Å². The molecule has 0 saturated heterocycles. The van der Waals surface area contributed by atoms with Crippen molar-refractivity contribution in [1.29, 1.82) is 0 Å². The number of esters is 1. The number of rotatable bonds is 5. The lowest BCUT2D eigenvalue weighted by Crippen LogP contribution is -2.30. The number of nitrogens with two attached hydrogens (primary N) is 1. The number of hydrogen-bond acceptors (Lipinski definition) is 5. The quantitative estimate of drug-likeness (QED) is 0.639. The van der Waals surface area contributed by atoms with Crippen molar-refractivity contribution >= 4 is 17.3 Å². The summed E-state index contributed by atoms with van der Waals surface area (Å²) in [6.45, 7) is 2.13. The summed E-state index contributed by atoms with van der Waals surface area (Å²) >= 11 is 0. The maximum absolute atomic E-state index is 12.0. The summed E-state index contributed by atoms with van der Waals surface area (Å²) in [5.74, 6) is -0.353. The van der Waals surface area contributed by atoms with Crippen molar-refractivity contribution < 1.29 is 14.3 Å². The first kappa shape index (κ1) is 14.7. The number of carbonyl (C=O) groups is 1. The summed E-state index contributed by atoms with van der Waals surface area (Å²) in [6.07, 6.45) is 3.38. The number of methoxy groups -OCH3 is 1. The number of ether oxygens (including phenoxy) is 2. The standard InChI is InChI=1S/C15H22N2O3/c1-3-20-15(18)11-9-10(16)7-8-12(11)17-13-5-4-6-14(13)19-2/h7-9,13-14,17H,3-6,16H2,1-2H3. The molecule has 0 spiro atoms. The van der Waals surface area contributed by atoms with Gasteiger partial charge in [0.25, 0.3) is 0 Å². The van der Waals surface area contributed by atoms with E-state index in [1.165, 1.54) is 0 Å². The minimum absolute atomic E-state index is 0.183. The zero-order valence-electron chi connectivity index (χ0n) is 12.0. The third kappa shape index (κ3) is 3.22. The third-order valence-corrected chi connectivity index (χ3v) is 3.64. The lowest BCUT2D eigenvalue weighted by molar-refractivity contribution is 0.0527. The maximum Gasteiger partial charge on any atom is 0.340 e. The fourth-order valence-electron chi connectivity index (χ4n) is 2.64. The van der Waals surface area contributed by atoms with Crippen molar-refractivity contribution in [3.05, 3.63) is 23.8 Å². The number of nitrogens with one attached hydrogen (secondary N) is 1. The summed E-state index contributed by atoms with van der Waals surface area (Å²) in [5, 5.41) is 3.40. The van der Waals surface area contributed by atoms with Crippen LogP contribution in [0.1, 0.15) is 36.5 Å². The highest BCUT2D eigenvalue weighted by Crippen LogP contribution is 2.28. The third-order valence-electron chi connectivity index (χ3n) is 3.64. The number of nitrogen functional groups attached to an aromatic ring is 1. The van der Waals surface area contributed by atoms with Gasteiger partial charge in [-0.15, -0.1) is 0 Å². The molecule has 0 aromatic heterocycles. The average molecular weight is 278 g/mol. The van der Waals surface area contributed by atoms with E-state index in [2.05, 4.69) is 5.32 Å². The molecule has 0 heterocycles. The van der Waals surface area contributed by atoms with Crippen molar-refractivity contribution in [2.75, 3.05) is 24.8 Å². The van der Waals surface area contributed by atoms with E-state index in [0.29, 0.717) is 17.9 Å². The van der Waals surface area contributed by atoms with Gasteiger partial charge < -0.3 is 20.5 Å². The van der Waals surface area contributed by atoms with E-state index in [-0.39, 0.29) is 18.1 Å². The first-order valence-electron chi connectivity index (χ1n) is 7.01. The number of anilines is 2. The van der Waals surface area contributed by atoms with Crippen LogP contribution in [0.3, 0.4) is 0 Å². The van der Waals surface area contributed by atoms with Crippen LogP contribution in [0, 0.1) is 0 Å². The zero-order chi connectivity index (χ0) is 14.5. The van der Waals surface area contributed by atoms with Gasteiger partial charge in [-0.1, -0.05) is 0 Å². The van der Waals surface area contributed by atoms with Crippen LogP contribution in [0.25, 0.3) is 0 Å². The molecule has 0 bridgehead atoms. The van der Waals surface area contributed by atoms with Crippen LogP contribution >= 0.6 is 0 Å². The van der Waals surface area contributed by atoms with Crippen LogP contribution in [0.15, 0.2) is 18.2 Å². The van der Waals surface area contributed by atoms with Crippen LogP contribution < -0.4 is 11.1 Å². The Balaban J connectivity index is 2.20. The van der Waals surface area contributed by atoms with E-state index in [0.717, 1.165) is 24.9 Å². The molecule has 1 fully saturated rings. The highest BCUT2D eigenvalue weighted by Gasteiger charge is 2.28. The van der Waals surface area contributed by atoms with Gasteiger partial charge in [-0.2, -0.15) is 0 Å². The average Bonchev–Trinajstić information content (AvgIpc) is 2.88. The summed E-state index contributed by atoms with van der Waals surface area (Å²) in [6, 6.07) is 5.47. The smallest absolute Gasteiger partial charge is 0.340 e. The zero-order valence-corrected chi connectivity index (χ0v) is 12.0. The Morgan fingerprint density at radius 2 is 2.25 bits per heavy atom. The second kappa shape index (κ2) is 6.61. The topological polar surface area (TPSA) is 73.6 Å². The molecule has 110 valence electrons. The molecule has 2 unspecified atom stereocenters. The predicted octanol–water partition coefficient (Wildman–Crippen LogP) is 2.42. The van der Waals surface area contributed by atoms with Gasteiger partial charge in [-0.3, -0.25) is 0 Å². The second-order valence-electron chi connectivity index (χ2n) is 4.98. The number of carbonyl (C=O) groups excluding carboxylic acids is 1. The van der Waals surface area contributed by atoms with Gasteiger partial charge in [-0.25, -0.2) is 4.79 Å². The monoisotopic (exact) mass is 278 g/mol. The lowest BCUT2D eigenvalue weighted by Gasteiger charge is -2.22. The van der Waals surface area contributed by atoms with Gasteiger partial charge in [0.1, 0.15) is 0 Å². The van der Waals surface area contributed by atoms with E-state index >= 15 is 0 Å². The Morgan fingerprint density at radius 1 is 1.45 bits per heavy atom. The van der Waals surface area contributed by atoms with Crippen LogP contribution in [-0.2, 0) is 9.47 Å². The van der Waals surface area contributed by atoms with E-state index in [4.69, 9.17) is 15.2 Å². The van der Waals surface area contributed by atoms with Crippen molar-refractivity contribution in [2.24, 2.45) is 0 Å². The van der Waals surface area contributed by atoms with Gasteiger partial charge in [-0.05, 0) is 44.4 Å². The summed E-state index contributed by atoms with van der Waals surface area (Å²) in [4.78, 5) is 12.0. The van der Waals surface area contributed by atoms with Gasteiger partial charge in [0.15, 0.2) is 0 Å².